The molecule has 3 rings (SSSR count). The van der Waals surface area contributed by atoms with Gasteiger partial charge in [0.15, 0.2) is 15.9 Å². The van der Waals surface area contributed by atoms with Crippen LogP contribution in [0.15, 0.2) is 0 Å². The minimum Gasteiger partial charge on any atom is -0.743 e. The third kappa shape index (κ3) is 4.52. The first-order valence-corrected chi connectivity index (χ1v) is 13.7. The Labute approximate surface area is 223 Å². The molecule has 8 nitrogen and oxygen atoms in total. The van der Waals surface area contributed by atoms with Gasteiger partial charge in [0.1, 0.15) is 11.7 Å². The number of esters is 2. The summed E-state index contributed by atoms with van der Waals surface area (Å²) in [6.45, 7) is 0. The van der Waals surface area contributed by atoms with Gasteiger partial charge in [-0.2, -0.15) is 8.78 Å². The summed E-state index contributed by atoms with van der Waals surface area (Å²) in [5.41, 5.74) is 0.310. The number of carbonyl (C=O) groups excluding carboxylic acids is 2. The van der Waals surface area contributed by atoms with Crippen LogP contribution in [0.2, 0.25) is 0 Å². The van der Waals surface area contributed by atoms with Crippen LogP contribution in [0.25, 0.3) is 0 Å². The fourth-order valence-corrected chi connectivity index (χ4v) is 6.71. The maximum atomic E-state index is 13.3. The van der Waals surface area contributed by atoms with Crippen molar-refractivity contribution in [3.63, 3.8) is 0 Å². The molecule has 1 aliphatic carbocycles. The number of carbonyl (C=O) groups is 2. The molecule has 15 heteroatoms. The number of halogens is 6. The molecule has 0 radical (unpaired) electrons. The van der Waals surface area contributed by atoms with Crippen molar-refractivity contribution in [3.8, 4) is 5.75 Å². The number of hydrogen-bond donors (Lipinski definition) is 0. The van der Waals surface area contributed by atoms with Gasteiger partial charge in [0.2, 0.25) is 0 Å². The highest BCUT2D eigenvalue weighted by atomic mass is 127. The van der Waals surface area contributed by atoms with Crippen LogP contribution in [0.5, 0.6) is 5.75 Å². The molecule has 1 heterocycles. The monoisotopic (exact) mass is 895 g/mol. The zero-order valence-electron chi connectivity index (χ0n) is 14.3. The Bertz CT molecular complexity index is 1040. The van der Waals surface area contributed by atoms with Crippen LogP contribution in [0.3, 0.4) is 0 Å². The van der Waals surface area contributed by atoms with Gasteiger partial charge in [-0.1, -0.05) is 0 Å². The van der Waals surface area contributed by atoms with Crippen molar-refractivity contribution in [2.45, 2.75) is 42.8 Å². The van der Waals surface area contributed by atoms with E-state index in [1.807, 2.05) is 22.6 Å². The van der Waals surface area contributed by atoms with Gasteiger partial charge in [-0.25, -0.2) is 18.0 Å². The van der Waals surface area contributed by atoms with E-state index >= 15 is 0 Å². The first-order chi connectivity index (χ1) is 13.7. The SMILES string of the molecule is O=C1OC2(CCC(OC(=O)C(F)(F)S(=O)(=O)[O-])CC2)Oc2c(I)c(I)c(I)c(I)c21. The highest BCUT2D eigenvalue weighted by molar-refractivity contribution is 14.1. The normalized spacial score (nSPS) is 24.1. The summed E-state index contributed by atoms with van der Waals surface area (Å²) >= 11 is 8.37. The minimum absolute atomic E-state index is 0.0288. The van der Waals surface area contributed by atoms with Crippen molar-refractivity contribution in [3.05, 3.63) is 19.8 Å². The second-order valence-electron chi connectivity index (χ2n) is 6.44. The van der Waals surface area contributed by atoms with E-state index < -0.39 is 39.2 Å². The molecule has 0 N–H and O–H groups in total. The largest absolute Gasteiger partial charge is 0.743 e. The van der Waals surface area contributed by atoms with Crippen LogP contribution in [-0.2, 0) is 24.4 Å². The zero-order chi connectivity index (χ0) is 22.6. The molecule has 1 fully saturated rings. The van der Waals surface area contributed by atoms with E-state index in [2.05, 4.69) is 72.5 Å². The second kappa shape index (κ2) is 8.78. The Morgan fingerprint density at radius 1 is 1.07 bits per heavy atom. The van der Waals surface area contributed by atoms with Crippen molar-refractivity contribution in [2.24, 2.45) is 0 Å². The average molecular weight is 895 g/mol. The summed E-state index contributed by atoms with van der Waals surface area (Å²) in [5, 5.41) is -5.17. The standard InChI is InChI=1S/C15H10F2I4O8S/c16-15(17,30(24,25)26)13(23)27-5-1-3-14(4-2-5)28-11-6(12(22)29-14)7(18)8(19)9(20)10(11)21/h5H,1-4H2,(H,24,25,26)/p-1. The van der Waals surface area contributed by atoms with Crippen molar-refractivity contribution in [1.29, 1.82) is 0 Å². The van der Waals surface area contributed by atoms with Gasteiger partial charge in [0.25, 0.3) is 5.79 Å². The van der Waals surface area contributed by atoms with E-state index in [-0.39, 0.29) is 25.7 Å². The number of alkyl halides is 2. The Kier molecular flexibility index (Phi) is 7.40. The number of hydrogen-bond acceptors (Lipinski definition) is 8. The van der Waals surface area contributed by atoms with E-state index in [0.717, 1.165) is 10.7 Å². The molecule has 0 aromatic heterocycles. The molecule has 30 heavy (non-hydrogen) atoms. The maximum absolute atomic E-state index is 13.3. The van der Waals surface area contributed by atoms with E-state index in [1.165, 1.54) is 0 Å². The first kappa shape index (κ1) is 25.3. The summed E-state index contributed by atoms with van der Waals surface area (Å²) in [5.74, 6) is -3.97. The number of rotatable bonds is 3. The predicted molar refractivity (Wildman–Crippen MR) is 129 cm³/mol. The molecule has 0 atom stereocenters. The van der Waals surface area contributed by atoms with E-state index in [0.29, 0.717) is 14.9 Å². The Hall–Kier alpha value is 0.650. The molecular formula is C15H9F2I4O8S-. The summed E-state index contributed by atoms with van der Waals surface area (Å²) in [7, 11) is -6.19. The molecular weight excluding hydrogens is 886 g/mol. The van der Waals surface area contributed by atoms with Crippen LogP contribution >= 0.6 is 90.4 Å². The summed E-state index contributed by atoms with van der Waals surface area (Å²) in [6, 6.07) is 0. The summed E-state index contributed by atoms with van der Waals surface area (Å²) in [6.07, 6.45) is -1.07. The van der Waals surface area contributed by atoms with Crippen LogP contribution in [0.4, 0.5) is 8.78 Å². The Morgan fingerprint density at radius 2 is 1.60 bits per heavy atom. The summed E-state index contributed by atoms with van der Waals surface area (Å²) < 4.78 is 77.7. The molecule has 166 valence electrons. The van der Waals surface area contributed by atoms with E-state index in [1.54, 1.807) is 0 Å². The van der Waals surface area contributed by atoms with Crippen LogP contribution in [0, 0.1) is 14.3 Å². The van der Waals surface area contributed by atoms with Gasteiger partial charge in [0, 0.05) is 23.6 Å². The van der Waals surface area contributed by atoms with Gasteiger partial charge >= 0.3 is 17.2 Å². The van der Waals surface area contributed by atoms with Crippen molar-refractivity contribution in [2.75, 3.05) is 0 Å². The predicted octanol–water partition coefficient (Wildman–Crippen LogP) is 3.97. The van der Waals surface area contributed by atoms with E-state index in [4.69, 9.17) is 9.47 Å². The molecule has 0 amide bonds. The molecule has 1 saturated carbocycles. The van der Waals surface area contributed by atoms with Gasteiger partial charge in [-0.15, -0.1) is 0 Å². The minimum atomic E-state index is -6.19. The quantitative estimate of drug-likeness (QED) is 0.147. The fourth-order valence-electron chi connectivity index (χ4n) is 2.99. The number of ether oxygens (including phenoxy) is 3. The van der Waals surface area contributed by atoms with Gasteiger partial charge in [-0.3, -0.25) is 0 Å². The van der Waals surface area contributed by atoms with Crippen LogP contribution in [-0.4, -0.2) is 42.1 Å². The lowest BCUT2D eigenvalue weighted by Gasteiger charge is -2.42. The van der Waals surface area contributed by atoms with E-state index in [9.17, 15) is 31.3 Å². The molecule has 0 saturated heterocycles. The van der Waals surface area contributed by atoms with Crippen molar-refractivity contribution < 1.29 is 45.6 Å². The lowest BCUT2D eigenvalue weighted by molar-refractivity contribution is -0.196. The Morgan fingerprint density at radius 3 is 2.13 bits per heavy atom. The van der Waals surface area contributed by atoms with Crippen molar-refractivity contribution >= 4 is 112 Å². The lowest BCUT2D eigenvalue weighted by Crippen LogP contribution is -2.50. The molecule has 0 bridgehead atoms. The van der Waals surface area contributed by atoms with Gasteiger partial charge in [0.05, 0.1) is 3.57 Å². The van der Waals surface area contributed by atoms with Gasteiger partial charge in [-0.05, 0) is 103 Å². The molecule has 1 aromatic rings. The first-order valence-electron chi connectivity index (χ1n) is 8.03. The number of fused-ring (bicyclic) bond motifs is 1. The number of benzene rings is 1. The fraction of sp³-hybridized carbons (Fsp3) is 0.467. The highest BCUT2D eigenvalue weighted by Gasteiger charge is 2.52. The second-order valence-corrected chi connectivity index (χ2v) is 12.2. The zero-order valence-corrected chi connectivity index (χ0v) is 23.8. The molecule has 0 unspecified atom stereocenters. The van der Waals surface area contributed by atoms with Crippen LogP contribution in [0.1, 0.15) is 36.0 Å². The molecule has 1 spiro atoms. The highest BCUT2D eigenvalue weighted by Crippen LogP contribution is 2.46. The van der Waals surface area contributed by atoms with Gasteiger partial charge < -0.3 is 18.8 Å². The van der Waals surface area contributed by atoms with Crippen molar-refractivity contribution in [1.82, 2.24) is 0 Å². The molecule has 2 aliphatic rings. The topological polar surface area (TPSA) is 119 Å². The summed E-state index contributed by atoms with van der Waals surface area (Å²) in [4.78, 5) is 24.1. The van der Waals surface area contributed by atoms with Crippen LogP contribution < -0.4 is 4.74 Å². The lowest BCUT2D eigenvalue weighted by atomic mass is 9.90. The third-order valence-corrected chi connectivity index (χ3v) is 12.7. The molecule has 1 aromatic carbocycles. The maximum Gasteiger partial charge on any atom is 0.428 e. The molecule has 1 aliphatic heterocycles. The average Bonchev–Trinajstić information content (AvgIpc) is 2.65. The third-order valence-electron chi connectivity index (χ3n) is 4.51. The smallest absolute Gasteiger partial charge is 0.428 e. The Balaban J connectivity index is 1.77.